The number of aliphatic hydroxyl groups excluding tert-OH is 1. The molecule has 0 spiro atoms. The van der Waals surface area contributed by atoms with Gasteiger partial charge in [0.2, 0.25) is 5.91 Å². The molecule has 8 heteroatoms. The van der Waals surface area contributed by atoms with E-state index in [-0.39, 0.29) is 34.7 Å². The highest BCUT2D eigenvalue weighted by molar-refractivity contribution is 6.30. The summed E-state index contributed by atoms with van der Waals surface area (Å²) in [7, 11) is 0. The number of nitrogens with two attached hydrogens (primary N) is 1. The Morgan fingerprint density at radius 3 is 2.56 bits per heavy atom. The van der Waals surface area contributed by atoms with Crippen LogP contribution >= 0.6 is 23.2 Å². The molecule has 144 valence electrons. The Kier molecular flexibility index (Phi) is 6.85. The van der Waals surface area contributed by atoms with E-state index in [0.29, 0.717) is 45.1 Å². The van der Waals surface area contributed by atoms with Crippen LogP contribution in [-0.4, -0.2) is 77.7 Å². The molecule has 3 fully saturated rings. The molecule has 0 bridgehead atoms. The predicted octanol–water partition coefficient (Wildman–Crippen LogP) is 0.526. The van der Waals surface area contributed by atoms with Crippen molar-refractivity contribution < 1.29 is 14.6 Å². The van der Waals surface area contributed by atoms with Crippen LogP contribution < -0.4 is 11.1 Å². The van der Waals surface area contributed by atoms with E-state index in [0.717, 1.165) is 19.4 Å². The Bertz CT molecular complexity index is 456. The molecule has 4 N–H and O–H groups in total. The van der Waals surface area contributed by atoms with Gasteiger partial charge < -0.3 is 25.8 Å². The summed E-state index contributed by atoms with van der Waals surface area (Å²) >= 11 is 12.4. The topological polar surface area (TPSA) is 87.8 Å². The Hall–Kier alpha value is -0.110. The second-order valence-corrected chi connectivity index (χ2v) is 8.68. The number of likely N-dealkylation sites (tertiary alicyclic amines) is 1. The van der Waals surface area contributed by atoms with E-state index in [9.17, 15) is 9.90 Å². The molecule has 1 amide bonds. The van der Waals surface area contributed by atoms with Crippen LogP contribution in [0.3, 0.4) is 0 Å². The van der Waals surface area contributed by atoms with E-state index in [1.807, 2.05) is 4.90 Å². The third-order valence-electron chi connectivity index (χ3n) is 5.96. The summed E-state index contributed by atoms with van der Waals surface area (Å²) in [5.41, 5.74) is 6.49. The standard InChI is InChI=1S/C17H29Cl2N3O3/c18-12-7-11(15(23)8-13(12)19)16(20)10-1-4-22(5-2-10)17(24)14-9-25-6-3-21-14/h10-16,21,23H,1-9,20H2/t11?,12?,13?,14-,15?,16+/m0/s1. The van der Waals surface area contributed by atoms with Gasteiger partial charge >= 0.3 is 0 Å². The van der Waals surface area contributed by atoms with Crippen molar-refractivity contribution in [2.45, 2.75) is 54.6 Å². The number of piperidine rings is 1. The molecule has 2 saturated heterocycles. The van der Waals surface area contributed by atoms with Crippen molar-refractivity contribution in [2.75, 3.05) is 32.8 Å². The molecule has 1 saturated carbocycles. The zero-order valence-electron chi connectivity index (χ0n) is 14.4. The van der Waals surface area contributed by atoms with Gasteiger partial charge in [0.05, 0.1) is 30.1 Å². The van der Waals surface area contributed by atoms with E-state index in [1.54, 1.807) is 0 Å². The van der Waals surface area contributed by atoms with Crippen molar-refractivity contribution in [3.05, 3.63) is 0 Å². The van der Waals surface area contributed by atoms with Crippen molar-refractivity contribution >= 4 is 29.1 Å². The molecule has 6 atom stereocenters. The molecule has 4 unspecified atom stereocenters. The molecule has 0 aromatic heterocycles. The fourth-order valence-corrected chi connectivity index (χ4v) is 4.92. The largest absolute Gasteiger partial charge is 0.393 e. The summed E-state index contributed by atoms with van der Waals surface area (Å²) in [5.74, 6) is 0.406. The zero-order valence-corrected chi connectivity index (χ0v) is 16.0. The van der Waals surface area contributed by atoms with Crippen LogP contribution in [0, 0.1) is 11.8 Å². The van der Waals surface area contributed by atoms with Crippen molar-refractivity contribution in [3.8, 4) is 0 Å². The minimum Gasteiger partial charge on any atom is -0.393 e. The number of aliphatic hydroxyl groups is 1. The predicted molar refractivity (Wildman–Crippen MR) is 97.9 cm³/mol. The maximum atomic E-state index is 12.5. The monoisotopic (exact) mass is 393 g/mol. The first-order valence-electron chi connectivity index (χ1n) is 9.29. The zero-order chi connectivity index (χ0) is 18.0. The first-order chi connectivity index (χ1) is 12.0. The van der Waals surface area contributed by atoms with Crippen molar-refractivity contribution in [1.29, 1.82) is 0 Å². The number of alkyl halides is 2. The van der Waals surface area contributed by atoms with Gasteiger partial charge in [0.25, 0.3) is 0 Å². The fraction of sp³-hybridized carbons (Fsp3) is 0.941. The number of nitrogens with one attached hydrogen (secondary N) is 1. The third-order valence-corrected chi connectivity index (χ3v) is 7.05. The van der Waals surface area contributed by atoms with Crippen LogP contribution in [0.4, 0.5) is 0 Å². The van der Waals surface area contributed by atoms with Gasteiger partial charge in [0, 0.05) is 31.6 Å². The van der Waals surface area contributed by atoms with Crippen molar-refractivity contribution in [2.24, 2.45) is 17.6 Å². The third kappa shape index (κ3) is 4.60. The number of ether oxygens (including phenoxy) is 1. The molecule has 6 nitrogen and oxygen atoms in total. The highest BCUT2D eigenvalue weighted by Gasteiger charge is 2.41. The molecule has 1 aliphatic carbocycles. The lowest BCUT2D eigenvalue weighted by atomic mass is 9.74. The van der Waals surface area contributed by atoms with Gasteiger partial charge in [-0.25, -0.2) is 0 Å². The molecule has 25 heavy (non-hydrogen) atoms. The first kappa shape index (κ1) is 19.6. The number of hydrogen-bond acceptors (Lipinski definition) is 5. The minimum absolute atomic E-state index is 0.0156. The van der Waals surface area contributed by atoms with Gasteiger partial charge in [-0.1, -0.05) is 0 Å². The number of rotatable bonds is 3. The fourth-order valence-electron chi connectivity index (χ4n) is 4.33. The SMILES string of the molecule is N[C@H](C1CCN(C(=O)[C@@H]2COCCN2)CC1)C1CC(Cl)C(Cl)CC1O. The Balaban J connectivity index is 1.50. The molecule has 3 rings (SSSR count). The van der Waals surface area contributed by atoms with E-state index in [1.165, 1.54) is 0 Å². The van der Waals surface area contributed by atoms with Crippen molar-refractivity contribution in [3.63, 3.8) is 0 Å². The number of halogens is 2. The molecule has 0 aromatic carbocycles. The number of hydrogen-bond donors (Lipinski definition) is 3. The van der Waals surface area contributed by atoms with E-state index in [4.69, 9.17) is 33.7 Å². The average molecular weight is 394 g/mol. The maximum absolute atomic E-state index is 12.5. The lowest BCUT2D eigenvalue weighted by Crippen LogP contribution is -2.56. The van der Waals surface area contributed by atoms with E-state index < -0.39 is 6.10 Å². The second-order valence-electron chi connectivity index (χ2n) is 7.56. The molecule has 3 aliphatic rings. The quantitative estimate of drug-likeness (QED) is 0.608. The highest BCUT2D eigenvalue weighted by Crippen LogP contribution is 2.36. The molecule has 0 radical (unpaired) electrons. The lowest BCUT2D eigenvalue weighted by molar-refractivity contribution is -0.138. The summed E-state index contributed by atoms with van der Waals surface area (Å²) in [5, 5.41) is 13.2. The van der Waals surface area contributed by atoms with Crippen LogP contribution in [0.5, 0.6) is 0 Å². The summed E-state index contributed by atoms with van der Waals surface area (Å²) in [4.78, 5) is 14.5. The minimum atomic E-state index is -0.490. The molecule has 2 aliphatic heterocycles. The summed E-state index contributed by atoms with van der Waals surface area (Å²) in [6, 6.07) is -0.328. The Labute approximate surface area is 159 Å². The Morgan fingerprint density at radius 2 is 1.92 bits per heavy atom. The van der Waals surface area contributed by atoms with Gasteiger partial charge in [-0.2, -0.15) is 0 Å². The summed E-state index contributed by atoms with van der Waals surface area (Å²) in [6.07, 6.45) is 2.39. The van der Waals surface area contributed by atoms with Gasteiger partial charge in [-0.3, -0.25) is 4.79 Å². The van der Waals surface area contributed by atoms with Crippen LogP contribution in [0.15, 0.2) is 0 Å². The number of morpholine rings is 1. The van der Waals surface area contributed by atoms with Gasteiger partial charge in [-0.15, -0.1) is 23.2 Å². The summed E-state index contributed by atoms with van der Waals surface area (Å²) < 4.78 is 5.38. The van der Waals surface area contributed by atoms with Crippen LogP contribution in [0.1, 0.15) is 25.7 Å². The normalized spacial score (nSPS) is 39.2. The van der Waals surface area contributed by atoms with Crippen LogP contribution in [-0.2, 0) is 9.53 Å². The average Bonchev–Trinajstić information content (AvgIpc) is 2.64. The lowest BCUT2D eigenvalue weighted by Gasteiger charge is -2.43. The smallest absolute Gasteiger partial charge is 0.242 e. The molecule has 0 aromatic rings. The van der Waals surface area contributed by atoms with E-state index >= 15 is 0 Å². The van der Waals surface area contributed by atoms with Crippen LogP contribution in [0.2, 0.25) is 0 Å². The van der Waals surface area contributed by atoms with Crippen LogP contribution in [0.25, 0.3) is 0 Å². The maximum Gasteiger partial charge on any atom is 0.242 e. The number of carbonyl (C=O) groups excluding carboxylic acids is 1. The van der Waals surface area contributed by atoms with Gasteiger partial charge in [0.15, 0.2) is 0 Å². The Morgan fingerprint density at radius 1 is 1.24 bits per heavy atom. The highest BCUT2D eigenvalue weighted by atomic mass is 35.5. The van der Waals surface area contributed by atoms with Gasteiger partial charge in [0.1, 0.15) is 6.04 Å². The first-order valence-corrected chi connectivity index (χ1v) is 10.2. The number of amides is 1. The number of carbonyl (C=O) groups is 1. The summed E-state index contributed by atoms with van der Waals surface area (Å²) in [6.45, 7) is 3.25. The number of nitrogens with zero attached hydrogens (tertiary/aromatic N) is 1. The van der Waals surface area contributed by atoms with E-state index in [2.05, 4.69) is 5.32 Å². The molecular weight excluding hydrogens is 365 g/mol. The molecule has 2 heterocycles. The molecular formula is C17H29Cl2N3O3. The van der Waals surface area contributed by atoms with Gasteiger partial charge in [-0.05, 0) is 31.6 Å². The van der Waals surface area contributed by atoms with Crippen molar-refractivity contribution in [1.82, 2.24) is 10.2 Å². The second kappa shape index (κ2) is 8.72.